The Kier molecular flexibility index (Phi) is 7.22. The monoisotopic (exact) mass is 464 g/mol. The normalized spacial score (nSPS) is 21.8. The third kappa shape index (κ3) is 4.80. The number of aliphatic hydroxyl groups is 1. The number of carbonyl (C=O) groups excluding carboxylic acids is 2. The van der Waals surface area contributed by atoms with E-state index >= 15 is 0 Å². The number of hydrogen-bond donors (Lipinski definition) is 1. The molecule has 1 amide bonds. The molecule has 0 saturated carbocycles. The SMILES string of the molecule is CCCOc1cccc(/C(O)=C2/C(=O)C(=O)N(CC3CCCO3)C2c2ccc(N(C)C)cc2)c1. The zero-order valence-corrected chi connectivity index (χ0v) is 20.0. The molecule has 2 heterocycles. The summed E-state index contributed by atoms with van der Waals surface area (Å²) in [6, 6.07) is 14.0. The lowest BCUT2D eigenvalue weighted by molar-refractivity contribution is -0.140. The average Bonchev–Trinajstić information content (AvgIpc) is 3.45. The third-order valence-corrected chi connectivity index (χ3v) is 6.27. The van der Waals surface area contributed by atoms with Crippen molar-refractivity contribution in [3.63, 3.8) is 0 Å². The van der Waals surface area contributed by atoms with Gasteiger partial charge in [0.25, 0.3) is 11.7 Å². The van der Waals surface area contributed by atoms with E-state index in [2.05, 4.69) is 0 Å². The minimum absolute atomic E-state index is 0.0910. The Balaban J connectivity index is 1.78. The van der Waals surface area contributed by atoms with Crippen molar-refractivity contribution in [1.82, 2.24) is 4.90 Å². The van der Waals surface area contributed by atoms with Crippen LogP contribution in [0.2, 0.25) is 0 Å². The molecule has 2 unspecified atom stereocenters. The zero-order chi connectivity index (χ0) is 24.2. The van der Waals surface area contributed by atoms with Crippen LogP contribution in [-0.4, -0.2) is 61.7 Å². The van der Waals surface area contributed by atoms with Gasteiger partial charge in [0.15, 0.2) is 0 Å². The van der Waals surface area contributed by atoms with Gasteiger partial charge in [0.05, 0.1) is 24.3 Å². The van der Waals surface area contributed by atoms with E-state index in [4.69, 9.17) is 9.47 Å². The minimum atomic E-state index is -0.694. The Bertz CT molecular complexity index is 1070. The van der Waals surface area contributed by atoms with Gasteiger partial charge < -0.3 is 24.4 Å². The van der Waals surface area contributed by atoms with Gasteiger partial charge in [-0.05, 0) is 49.1 Å². The van der Waals surface area contributed by atoms with Crippen LogP contribution in [-0.2, 0) is 14.3 Å². The van der Waals surface area contributed by atoms with Gasteiger partial charge in [0.1, 0.15) is 11.5 Å². The number of amides is 1. The molecule has 4 rings (SSSR count). The van der Waals surface area contributed by atoms with E-state index in [9.17, 15) is 14.7 Å². The number of hydrogen-bond acceptors (Lipinski definition) is 6. The molecule has 1 N–H and O–H groups in total. The number of aliphatic hydroxyl groups excluding tert-OH is 1. The first-order valence-electron chi connectivity index (χ1n) is 11.8. The average molecular weight is 465 g/mol. The van der Waals surface area contributed by atoms with Crippen LogP contribution in [0, 0.1) is 0 Å². The molecule has 0 bridgehead atoms. The first-order valence-corrected chi connectivity index (χ1v) is 11.8. The number of Topliss-reactive ketones (excluding diaryl/α,β-unsaturated/α-hetero) is 1. The Morgan fingerprint density at radius 1 is 1.18 bits per heavy atom. The van der Waals surface area contributed by atoms with Crippen molar-refractivity contribution in [2.75, 3.05) is 38.8 Å². The van der Waals surface area contributed by atoms with Crippen LogP contribution in [0.4, 0.5) is 5.69 Å². The van der Waals surface area contributed by atoms with Crippen LogP contribution in [0.15, 0.2) is 54.1 Å². The van der Waals surface area contributed by atoms with Crippen molar-refractivity contribution in [1.29, 1.82) is 0 Å². The van der Waals surface area contributed by atoms with Crippen LogP contribution >= 0.6 is 0 Å². The number of likely N-dealkylation sites (tertiary alicyclic amines) is 1. The molecule has 2 atom stereocenters. The molecule has 0 aliphatic carbocycles. The van der Waals surface area contributed by atoms with Gasteiger partial charge in [-0.25, -0.2) is 0 Å². The molecule has 7 nitrogen and oxygen atoms in total. The summed E-state index contributed by atoms with van der Waals surface area (Å²) in [7, 11) is 3.90. The summed E-state index contributed by atoms with van der Waals surface area (Å²) in [4.78, 5) is 29.9. The standard InChI is InChI=1S/C27H32N2O5/c1-4-14-33-21-8-5-7-19(16-21)25(30)23-24(18-10-12-20(13-11-18)28(2)3)29(27(32)26(23)31)17-22-9-6-15-34-22/h5,7-8,10-13,16,22,24,30H,4,6,9,14-15,17H2,1-3H3/b25-23-. The molecule has 0 aromatic heterocycles. The summed E-state index contributed by atoms with van der Waals surface area (Å²) < 4.78 is 11.5. The largest absolute Gasteiger partial charge is 0.507 e. The second-order valence-corrected chi connectivity index (χ2v) is 8.95. The molecule has 0 spiro atoms. The maximum atomic E-state index is 13.2. The fourth-order valence-electron chi connectivity index (χ4n) is 4.49. The second-order valence-electron chi connectivity index (χ2n) is 8.95. The molecule has 180 valence electrons. The Labute approximate surface area is 200 Å². The van der Waals surface area contributed by atoms with Crippen molar-refractivity contribution in [3.8, 4) is 5.75 Å². The van der Waals surface area contributed by atoms with E-state index in [0.29, 0.717) is 31.1 Å². The summed E-state index contributed by atoms with van der Waals surface area (Å²) in [5.41, 5.74) is 2.30. The van der Waals surface area contributed by atoms with Crippen LogP contribution in [0.1, 0.15) is 43.4 Å². The topological polar surface area (TPSA) is 79.3 Å². The number of ketones is 1. The summed E-state index contributed by atoms with van der Waals surface area (Å²) >= 11 is 0. The highest BCUT2D eigenvalue weighted by Crippen LogP contribution is 2.40. The summed E-state index contributed by atoms with van der Waals surface area (Å²) in [6.07, 6.45) is 2.51. The quantitative estimate of drug-likeness (QED) is 0.359. The number of benzene rings is 2. The van der Waals surface area contributed by atoms with Gasteiger partial charge >= 0.3 is 0 Å². The molecule has 2 aromatic carbocycles. The lowest BCUT2D eigenvalue weighted by Gasteiger charge is -2.28. The van der Waals surface area contributed by atoms with Gasteiger partial charge in [0.2, 0.25) is 0 Å². The first-order chi connectivity index (χ1) is 16.4. The molecular formula is C27H32N2O5. The highest BCUT2D eigenvalue weighted by molar-refractivity contribution is 6.46. The zero-order valence-electron chi connectivity index (χ0n) is 20.0. The Morgan fingerprint density at radius 3 is 2.59 bits per heavy atom. The van der Waals surface area contributed by atoms with E-state index in [1.165, 1.54) is 0 Å². The molecule has 0 radical (unpaired) electrons. The maximum absolute atomic E-state index is 13.2. The molecule has 2 saturated heterocycles. The van der Waals surface area contributed by atoms with Crippen molar-refractivity contribution in [2.24, 2.45) is 0 Å². The van der Waals surface area contributed by atoms with E-state index < -0.39 is 17.7 Å². The Morgan fingerprint density at radius 2 is 1.94 bits per heavy atom. The van der Waals surface area contributed by atoms with E-state index in [1.807, 2.05) is 50.2 Å². The molecule has 2 aliphatic heterocycles. The predicted octanol–water partition coefficient (Wildman–Crippen LogP) is 4.14. The molecule has 2 fully saturated rings. The fourth-order valence-corrected chi connectivity index (χ4v) is 4.49. The van der Waals surface area contributed by atoms with Crippen molar-refractivity contribution in [3.05, 3.63) is 65.2 Å². The lowest BCUT2D eigenvalue weighted by Crippen LogP contribution is -2.36. The summed E-state index contributed by atoms with van der Waals surface area (Å²) in [6.45, 7) is 3.53. The van der Waals surface area contributed by atoms with Crippen LogP contribution in [0.5, 0.6) is 5.75 Å². The smallest absolute Gasteiger partial charge is 0.295 e. The molecule has 7 heteroatoms. The van der Waals surface area contributed by atoms with Gasteiger partial charge in [-0.15, -0.1) is 0 Å². The highest BCUT2D eigenvalue weighted by atomic mass is 16.5. The highest BCUT2D eigenvalue weighted by Gasteiger charge is 2.47. The molecule has 2 aromatic rings. The Hall–Kier alpha value is -3.32. The van der Waals surface area contributed by atoms with E-state index in [0.717, 1.165) is 30.5 Å². The van der Waals surface area contributed by atoms with Crippen LogP contribution in [0.25, 0.3) is 5.76 Å². The number of nitrogens with zero attached hydrogens (tertiary/aromatic N) is 2. The van der Waals surface area contributed by atoms with Gasteiger partial charge in [0, 0.05) is 38.5 Å². The minimum Gasteiger partial charge on any atom is -0.507 e. The van der Waals surface area contributed by atoms with Crippen molar-refractivity contribution < 1.29 is 24.2 Å². The van der Waals surface area contributed by atoms with Gasteiger partial charge in [-0.3, -0.25) is 9.59 Å². The summed E-state index contributed by atoms with van der Waals surface area (Å²) in [5.74, 6) is -0.891. The van der Waals surface area contributed by atoms with Crippen LogP contribution < -0.4 is 9.64 Å². The predicted molar refractivity (Wildman–Crippen MR) is 131 cm³/mol. The molecule has 2 aliphatic rings. The molecular weight excluding hydrogens is 432 g/mol. The van der Waals surface area contributed by atoms with Crippen LogP contribution in [0.3, 0.4) is 0 Å². The third-order valence-electron chi connectivity index (χ3n) is 6.27. The maximum Gasteiger partial charge on any atom is 0.295 e. The number of rotatable bonds is 8. The number of anilines is 1. The fraction of sp³-hybridized carbons (Fsp3) is 0.407. The van der Waals surface area contributed by atoms with Gasteiger partial charge in [-0.2, -0.15) is 0 Å². The number of carbonyl (C=O) groups is 2. The van der Waals surface area contributed by atoms with Crippen molar-refractivity contribution in [2.45, 2.75) is 38.3 Å². The second kappa shape index (κ2) is 10.3. The first kappa shape index (κ1) is 23.8. The number of ether oxygens (including phenoxy) is 2. The molecule has 34 heavy (non-hydrogen) atoms. The van der Waals surface area contributed by atoms with Gasteiger partial charge in [-0.1, -0.05) is 31.2 Å². The lowest BCUT2D eigenvalue weighted by atomic mass is 9.95. The van der Waals surface area contributed by atoms with E-state index in [-0.39, 0.29) is 17.4 Å². The van der Waals surface area contributed by atoms with E-state index in [1.54, 1.807) is 29.2 Å². The van der Waals surface area contributed by atoms with Crippen molar-refractivity contribution >= 4 is 23.1 Å². The summed E-state index contributed by atoms with van der Waals surface area (Å²) in [5, 5.41) is 11.3.